The number of hydrogen-bond acceptors (Lipinski definition) is 7. The minimum absolute atomic E-state index is 0.0318. The molecule has 1 amide bonds. The first-order valence-corrected chi connectivity index (χ1v) is 9.15. The van der Waals surface area contributed by atoms with E-state index in [2.05, 4.69) is 25.7 Å². The number of ether oxygens (including phenoxy) is 1. The van der Waals surface area contributed by atoms with Gasteiger partial charge in [-0.1, -0.05) is 17.4 Å². The molecule has 0 aliphatic carbocycles. The molecule has 1 atom stereocenters. The van der Waals surface area contributed by atoms with Crippen LogP contribution in [-0.4, -0.2) is 37.3 Å². The number of fused-ring (bicyclic) bond motifs is 1. The van der Waals surface area contributed by atoms with Gasteiger partial charge in [0, 0.05) is 25.6 Å². The van der Waals surface area contributed by atoms with Crippen LogP contribution in [0.25, 0.3) is 5.65 Å². The first-order valence-electron chi connectivity index (χ1n) is 8.33. The Labute approximate surface area is 148 Å². The van der Waals surface area contributed by atoms with Crippen molar-refractivity contribution in [3.63, 3.8) is 0 Å². The summed E-state index contributed by atoms with van der Waals surface area (Å²) in [5, 5.41) is 20.6. The number of anilines is 1. The van der Waals surface area contributed by atoms with E-state index in [-0.39, 0.29) is 12.0 Å². The van der Waals surface area contributed by atoms with Crippen LogP contribution in [0.3, 0.4) is 0 Å². The molecule has 1 aliphatic heterocycles. The van der Waals surface area contributed by atoms with Crippen LogP contribution in [0.1, 0.15) is 42.6 Å². The molecule has 3 aromatic heterocycles. The van der Waals surface area contributed by atoms with Crippen molar-refractivity contribution in [1.29, 1.82) is 0 Å². The third-order valence-electron chi connectivity index (χ3n) is 4.08. The maximum Gasteiger partial charge on any atom is 0.226 e. The standard InChI is InChI=1S/C16H18N6O2S/c23-14(17-16-21-20-15(25-16)11-5-4-10-24-11)8-3-7-13-19-18-12-6-1-2-9-22(12)13/h1-2,6,9,11H,3-5,7-8,10H2,(H,17,21,23)/t11-/m0/s1. The molecule has 0 bridgehead atoms. The number of pyridine rings is 1. The van der Waals surface area contributed by atoms with E-state index in [1.807, 2.05) is 28.8 Å². The zero-order chi connectivity index (χ0) is 17.1. The number of carbonyl (C=O) groups is 1. The predicted octanol–water partition coefficient (Wildman–Crippen LogP) is 2.39. The zero-order valence-corrected chi connectivity index (χ0v) is 14.4. The van der Waals surface area contributed by atoms with Gasteiger partial charge in [0.2, 0.25) is 11.0 Å². The summed E-state index contributed by atoms with van der Waals surface area (Å²) < 4.78 is 7.52. The monoisotopic (exact) mass is 358 g/mol. The molecule has 0 spiro atoms. The Morgan fingerprint density at radius 2 is 2.28 bits per heavy atom. The summed E-state index contributed by atoms with van der Waals surface area (Å²) in [6.07, 6.45) is 5.76. The third-order valence-corrected chi connectivity index (χ3v) is 5.01. The minimum atomic E-state index is -0.0659. The van der Waals surface area contributed by atoms with Gasteiger partial charge in [-0.25, -0.2) is 0 Å². The van der Waals surface area contributed by atoms with Crippen LogP contribution in [0, 0.1) is 0 Å². The molecule has 4 rings (SSSR count). The van der Waals surface area contributed by atoms with Crippen molar-refractivity contribution >= 4 is 28.0 Å². The van der Waals surface area contributed by atoms with E-state index < -0.39 is 0 Å². The van der Waals surface area contributed by atoms with Gasteiger partial charge >= 0.3 is 0 Å². The van der Waals surface area contributed by atoms with Gasteiger partial charge in [-0.3, -0.25) is 9.20 Å². The molecule has 0 unspecified atom stereocenters. The number of aromatic nitrogens is 5. The number of carbonyl (C=O) groups excluding carboxylic acids is 1. The molecule has 1 saturated heterocycles. The molecule has 130 valence electrons. The van der Waals surface area contributed by atoms with E-state index in [0.717, 1.165) is 35.9 Å². The number of hydrogen-bond donors (Lipinski definition) is 1. The predicted molar refractivity (Wildman–Crippen MR) is 92.4 cm³/mol. The van der Waals surface area contributed by atoms with Crippen LogP contribution in [0.15, 0.2) is 24.4 Å². The van der Waals surface area contributed by atoms with Crippen LogP contribution in [0.5, 0.6) is 0 Å². The second-order valence-electron chi connectivity index (χ2n) is 5.89. The second kappa shape index (κ2) is 7.24. The number of amides is 1. The van der Waals surface area contributed by atoms with Crippen LogP contribution in [-0.2, 0) is 16.0 Å². The summed E-state index contributed by atoms with van der Waals surface area (Å²) in [5.74, 6) is 0.795. The summed E-state index contributed by atoms with van der Waals surface area (Å²) in [6.45, 7) is 0.767. The first kappa shape index (κ1) is 16.1. The maximum absolute atomic E-state index is 12.1. The Bertz CT molecular complexity index is 870. The van der Waals surface area contributed by atoms with E-state index in [9.17, 15) is 4.79 Å². The molecule has 8 nitrogen and oxygen atoms in total. The van der Waals surface area contributed by atoms with Gasteiger partial charge in [0.15, 0.2) is 5.65 Å². The molecular weight excluding hydrogens is 340 g/mol. The van der Waals surface area contributed by atoms with E-state index in [1.165, 1.54) is 11.3 Å². The Morgan fingerprint density at radius 1 is 1.32 bits per heavy atom. The smallest absolute Gasteiger partial charge is 0.226 e. The quantitative estimate of drug-likeness (QED) is 0.727. The Hall–Kier alpha value is -2.39. The van der Waals surface area contributed by atoms with Crippen molar-refractivity contribution in [1.82, 2.24) is 24.8 Å². The molecular formula is C16H18N6O2S. The summed E-state index contributed by atoms with van der Waals surface area (Å²) in [5.41, 5.74) is 0.817. The first-order chi connectivity index (χ1) is 12.3. The largest absolute Gasteiger partial charge is 0.371 e. The summed E-state index contributed by atoms with van der Waals surface area (Å²) in [4.78, 5) is 12.1. The van der Waals surface area contributed by atoms with Gasteiger partial charge in [-0.2, -0.15) is 0 Å². The normalized spacial score (nSPS) is 17.2. The highest BCUT2D eigenvalue weighted by molar-refractivity contribution is 7.15. The number of nitrogens with zero attached hydrogens (tertiary/aromatic N) is 5. The molecule has 0 aromatic carbocycles. The lowest BCUT2D eigenvalue weighted by Gasteiger charge is -2.02. The van der Waals surface area contributed by atoms with Gasteiger partial charge in [-0.15, -0.1) is 20.4 Å². The molecule has 1 fully saturated rings. The number of nitrogens with one attached hydrogen (secondary N) is 1. The SMILES string of the molecule is O=C(CCCc1nnc2ccccn12)Nc1nnc([C@@H]2CCCO2)s1. The van der Waals surface area contributed by atoms with Crippen LogP contribution >= 0.6 is 11.3 Å². The Kier molecular flexibility index (Phi) is 4.66. The van der Waals surface area contributed by atoms with Crippen molar-refractivity contribution in [2.75, 3.05) is 11.9 Å². The Balaban J connectivity index is 1.28. The Morgan fingerprint density at radius 3 is 3.16 bits per heavy atom. The highest BCUT2D eigenvalue weighted by Gasteiger charge is 2.22. The zero-order valence-electron chi connectivity index (χ0n) is 13.6. The molecule has 9 heteroatoms. The van der Waals surface area contributed by atoms with Crippen molar-refractivity contribution in [2.24, 2.45) is 0 Å². The van der Waals surface area contributed by atoms with E-state index >= 15 is 0 Å². The van der Waals surface area contributed by atoms with Gasteiger partial charge in [0.25, 0.3) is 0 Å². The average Bonchev–Trinajstić information content (AvgIpc) is 3.35. The topological polar surface area (TPSA) is 94.3 Å². The fourth-order valence-electron chi connectivity index (χ4n) is 2.84. The minimum Gasteiger partial charge on any atom is -0.371 e. The molecule has 1 aliphatic rings. The van der Waals surface area contributed by atoms with E-state index in [4.69, 9.17) is 4.74 Å². The molecule has 1 N–H and O–H groups in total. The molecule has 0 radical (unpaired) electrons. The average molecular weight is 358 g/mol. The summed E-state index contributed by atoms with van der Waals surface area (Å²) in [7, 11) is 0. The van der Waals surface area contributed by atoms with Gasteiger partial charge < -0.3 is 10.1 Å². The maximum atomic E-state index is 12.1. The third kappa shape index (κ3) is 3.67. The fraction of sp³-hybridized carbons (Fsp3) is 0.438. The second-order valence-corrected chi connectivity index (χ2v) is 6.90. The highest BCUT2D eigenvalue weighted by atomic mass is 32.1. The van der Waals surface area contributed by atoms with Crippen LogP contribution < -0.4 is 5.32 Å². The molecule has 25 heavy (non-hydrogen) atoms. The lowest BCUT2D eigenvalue weighted by molar-refractivity contribution is -0.116. The highest BCUT2D eigenvalue weighted by Crippen LogP contribution is 2.31. The van der Waals surface area contributed by atoms with Crippen LogP contribution in [0.2, 0.25) is 0 Å². The van der Waals surface area contributed by atoms with Crippen molar-refractivity contribution in [2.45, 2.75) is 38.2 Å². The van der Waals surface area contributed by atoms with Crippen molar-refractivity contribution in [3.05, 3.63) is 35.2 Å². The molecule has 3 aromatic rings. The van der Waals surface area contributed by atoms with E-state index in [1.54, 1.807) is 0 Å². The summed E-state index contributed by atoms with van der Waals surface area (Å²) in [6, 6.07) is 5.77. The summed E-state index contributed by atoms with van der Waals surface area (Å²) >= 11 is 1.39. The lowest BCUT2D eigenvalue weighted by Crippen LogP contribution is -2.11. The van der Waals surface area contributed by atoms with Gasteiger partial charge in [-0.05, 0) is 31.4 Å². The number of rotatable bonds is 6. The van der Waals surface area contributed by atoms with Crippen LogP contribution in [0.4, 0.5) is 5.13 Å². The van der Waals surface area contributed by atoms with E-state index in [0.29, 0.717) is 24.4 Å². The lowest BCUT2D eigenvalue weighted by atomic mass is 10.2. The fourth-order valence-corrected chi connectivity index (χ4v) is 3.68. The molecule has 0 saturated carbocycles. The van der Waals surface area contributed by atoms with Gasteiger partial charge in [0.05, 0.1) is 0 Å². The number of aryl methyl sites for hydroxylation is 1. The molecule has 4 heterocycles. The van der Waals surface area contributed by atoms with Gasteiger partial charge in [0.1, 0.15) is 16.9 Å². The van der Waals surface area contributed by atoms with Crippen molar-refractivity contribution in [3.8, 4) is 0 Å². The van der Waals surface area contributed by atoms with Crippen molar-refractivity contribution < 1.29 is 9.53 Å².